The van der Waals surface area contributed by atoms with Crippen molar-refractivity contribution in [1.82, 2.24) is 13.9 Å². The highest BCUT2D eigenvalue weighted by molar-refractivity contribution is 7.86. The zero-order valence-corrected chi connectivity index (χ0v) is 18.3. The van der Waals surface area contributed by atoms with E-state index in [4.69, 9.17) is 4.74 Å². The van der Waals surface area contributed by atoms with E-state index < -0.39 is 10.2 Å². The lowest BCUT2D eigenvalue weighted by Gasteiger charge is -2.37. The van der Waals surface area contributed by atoms with E-state index in [-0.39, 0.29) is 18.4 Å². The fraction of sp³-hybridized carbons (Fsp3) is 0.667. The molecule has 7 nitrogen and oxygen atoms in total. The van der Waals surface area contributed by atoms with Gasteiger partial charge in [-0.15, -0.1) is 0 Å². The standard InChI is InChI=1S/C21H33N3O4S/c1-3-28-20-9-5-4-7-18(20)15-22-21(25)19-8-6-12-24(16-19)29(26,27)23-13-10-17(2)11-14-23/h4-5,7,9,17,19H,3,6,8,10-16H2,1-2H3,(H,22,25)/t19-/m0/s1. The van der Waals surface area contributed by atoms with Crippen molar-refractivity contribution >= 4 is 16.1 Å². The van der Waals surface area contributed by atoms with Crippen LogP contribution in [-0.2, 0) is 21.5 Å². The van der Waals surface area contributed by atoms with Gasteiger partial charge in [0.05, 0.1) is 12.5 Å². The minimum absolute atomic E-state index is 0.0940. The van der Waals surface area contributed by atoms with Crippen LogP contribution in [0.3, 0.4) is 0 Å². The Morgan fingerprint density at radius 2 is 1.86 bits per heavy atom. The summed E-state index contributed by atoms with van der Waals surface area (Å²) in [5.41, 5.74) is 0.922. The molecule has 0 saturated carbocycles. The Labute approximate surface area is 174 Å². The van der Waals surface area contributed by atoms with Gasteiger partial charge in [-0.05, 0) is 44.6 Å². The van der Waals surface area contributed by atoms with Crippen molar-refractivity contribution in [3.8, 4) is 5.75 Å². The molecule has 2 aliphatic rings. The van der Waals surface area contributed by atoms with Gasteiger partial charge in [0.1, 0.15) is 5.75 Å². The maximum atomic E-state index is 13.0. The Hall–Kier alpha value is -1.64. The molecule has 0 spiro atoms. The van der Waals surface area contributed by atoms with Crippen molar-refractivity contribution in [1.29, 1.82) is 0 Å². The second-order valence-electron chi connectivity index (χ2n) is 8.05. The first-order chi connectivity index (χ1) is 13.9. The zero-order valence-electron chi connectivity index (χ0n) is 17.5. The molecule has 29 heavy (non-hydrogen) atoms. The molecule has 0 aliphatic carbocycles. The number of carbonyl (C=O) groups is 1. The lowest BCUT2D eigenvalue weighted by Crippen LogP contribution is -2.52. The van der Waals surface area contributed by atoms with Crippen LogP contribution in [0.2, 0.25) is 0 Å². The molecule has 0 unspecified atom stereocenters. The molecule has 2 heterocycles. The summed E-state index contributed by atoms with van der Waals surface area (Å²) in [7, 11) is -3.49. The summed E-state index contributed by atoms with van der Waals surface area (Å²) >= 11 is 0. The largest absolute Gasteiger partial charge is 0.494 e. The van der Waals surface area contributed by atoms with Crippen LogP contribution in [0.1, 0.15) is 45.1 Å². The molecule has 2 saturated heterocycles. The number of benzene rings is 1. The molecule has 1 aromatic rings. The maximum Gasteiger partial charge on any atom is 0.281 e. The van der Waals surface area contributed by atoms with Gasteiger partial charge in [-0.2, -0.15) is 17.0 Å². The van der Waals surface area contributed by atoms with Gasteiger partial charge in [0, 0.05) is 38.3 Å². The molecule has 1 aromatic carbocycles. The minimum atomic E-state index is -3.49. The number of hydrogen-bond donors (Lipinski definition) is 1. The Balaban J connectivity index is 1.58. The van der Waals surface area contributed by atoms with E-state index >= 15 is 0 Å². The van der Waals surface area contributed by atoms with E-state index in [2.05, 4.69) is 12.2 Å². The van der Waals surface area contributed by atoms with Gasteiger partial charge in [0.25, 0.3) is 10.2 Å². The molecule has 0 radical (unpaired) electrons. The molecule has 2 aliphatic heterocycles. The van der Waals surface area contributed by atoms with Crippen LogP contribution in [0.5, 0.6) is 5.75 Å². The first kappa shape index (κ1) is 22.1. The number of carbonyl (C=O) groups excluding carboxylic acids is 1. The van der Waals surface area contributed by atoms with E-state index in [1.807, 2.05) is 31.2 Å². The summed E-state index contributed by atoms with van der Waals surface area (Å²) in [6.45, 7) is 6.93. The van der Waals surface area contributed by atoms with Crippen molar-refractivity contribution in [3.63, 3.8) is 0 Å². The second kappa shape index (κ2) is 9.91. The van der Waals surface area contributed by atoms with Crippen LogP contribution in [-0.4, -0.2) is 55.7 Å². The molecular weight excluding hydrogens is 390 g/mol. The fourth-order valence-electron chi connectivity index (χ4n) is 4.02. The van der Waals surface area contributed by atoms with Gasteiger partial charge in [0.15, 0.2) is 0 Å². The monoisotopic (exact) mass is 423 g/mol. The number of hydrogen-bond acceptors (Lipinski definition) is 4. The molecule has 1 atom stereocenters. The average Bonchev–Trinajstić information content (AvgIpc) is 2.73. The third kappa shape index (κ3) is 5.49. The lowest BCUT2D eigenvalue weighted by atomic mass is 9.98. The molecule has 8 heteroatoms. The Kier molecular flexibility index (Phi) is 7.54. The number of rotatable bonds is 7. The fourth-order valence-corrected chi connectivity index (χ4v) is 5.74. The van der Waals surface area contributed by atoms with Crippen LogP contribution in [0.4, 0.5) is 0 Å². The van der Waals surface area contributed by atoms with Crippen LogP contribution >= 0.6 is 0 Å². The molecule has 162 valence electrons. The smallest absolute Gasteiger partial charge is 0.281 e. The predicted molar refractivity (Wildman–Crippen MR) is 113 cm³/mol. The molecule has 0 aromatic heterocycles. The van der Waals surface area contributed by atoms with E-state index in [0.717, 1.165) is 24.2 Å². The van der Waals surface area contributed by atoms with Crippen molar-refractivity contribution in [2.24, 2.45) is 11.8 Å². The topological polar surface area (TPSA) is 79.0 Å². The van der Waals surface area contributed by atoms with E-state index in [0.29, 0.717) is 51.5 Å². The number of nitrogens with zero attached hydrogens (tertiary/aromatic N) is 2. The summed E-state index contributed by atoms with van der Waals surface area (Å²) < 4.78 is 34.7. The second-order valence-corrected chi connectivity index (χ2v) is 9.97. The number of ether oxygens (including phenoxy) is 1. The molecule has 2 fully saturated rings. The highest BCUT2D eigenvalue weighted by atomic mass is 32.2. The van der Waals surface area contributed by atoms with E-state index in [1.165, 1.54) is 4.31 Å². The number of nitrogens with one attached hydrogen (secondary N) is 1. The van der Waals surface area contributed by atoms with Crippen molar-refractivity contribution in [2.75, 3.05) is 32.8 Å². The van der Waals surface area contributed by atoms with Gasteiger partial charge < -0.3 is 10.1 Å². The third-order valence-electron chi connectivity index (χ3n) is 5.88. The van der Waals surface area contributed by atoms with Crippen molar-refractivity contribution in [3.05, 3.63) is 29.8 Å². The number of amides is 1. The number of piperidine rings is 2. The lowest BCUT2D eigenvalue weighted by molar-refractivity contribution is -0.126. The highest BCUT2D eigenvalue weighted by Gasteiger charge is 2.36. The SMILES string of the molecule is CCOc1ccccc1CNC(=O)[C@H]1CCCN(S(=O)(=O)N2CCC(C)CC2)C1. The summed E-state index contributed by atoms with van der Waals surface area (Å²) in [6, 6.07) is 7.64. The van der Waals surface area contributed by atoms with E-state index in [1.54, 1.807) is 4.31 Å². The quantitative estimate of drug-likeness (QED) is 0.730. The van der Waals surface area contributed by atoms with Crippen LogP contribution in [0.25, 0.3) is 0 Å². The minimum Gasteiger partial charge on any atom is -0.494 e. The first-order valence-corrected chi connectivity index (χ1v) is 12.0. The molecule has 1 N–H and O–H groups in total. The van der Waals surface area contributed by atoms with Gasteiger partial charge in [-0.25, -0.2) is 0 Å². The molecule has 1 amide bonds. The highest BCUT2D eigenvalue weighted by Crippen LogP contribution is 2.25. The van der Waals surface area contributed by atoms with E-state index in [9.17, 15) is 13.2 Å². The summed E-state index contributed by atoms with van der Waals surface area (Å²) in [6.07, 6.45) is 3.21. The maximum absolute atomic E-state index is 13.0. The molecular formula is C21H33N3O4S. The van der Waals surface area contributed by atoms with Crippen LogP contribution < -0.4 is 10.1 Å². The zero-order chi connectivity index (χ0) is 20.9. The van der Waals surface area contributed by atoms with Gasteiger partial charge in [-0.3, -0.25) is 4.79 Å². The third-order valence-corrected chi connectivity index (χ3v) is 7.88. The Bertz CT molecular complexity index is 791. The van der Waals surface area contributed by atoms with Gasteiger partial charge in [-0.1, -0.05) is 25.1 Å². The average molecular weight is 424 g/mol. The molecule has 0 bridgehead atoms. The van der Waals surface area contributed by atoms with Gasteiger partial charge >= 0.3 is 0 Å². The Morgan fingerprint density at radius 1 is 1.14 bits per heavy atom. The van der Waals surface area contributed by atoms with Crippen LogP contribution in [0.15, 0.2) is 24.3 Å². The summed E-state index contributed by atoms with van der Waals surface area (Å²) in [4.78, 5) is 12.7. The Morgan fingerprint density at radius 3 is 2.59 bits per heavy atom. The summed E-state index contributed by atoms with van der Waals surface area (Å²) in [5, 5.41) is 2.97. The summed E-state index contributed by atoms with van der Waals surface area (Å²) in [5.74, 6) is 0.924. The van der Waals surface area contributed by atoms with Crippen molar-refractivity contribution < 1.29 is 17.9 Å². The van der Waals surface area contributed by atoms with Gasteiger partial charge in [0.2, 0.25) is 5.91 Å². The van der Waals surface area contributed by atoms with Crippen LogP contribution in [0, 0.1) is 11.8 Å². The van der Waals surface area contributed by atoms with Crippen molar-refractivity contribution in [2.45, 2.75) is 46.1 Å². The number of para-hydroxylation sites is 1. The normalized spacial score (nSPS) is 22.3. The first-order valence-electron chi connectivity index (χ1n) is 10.7. The predicted octanol–water partition coefficient (Wildman–Crippen LogP) is 2.39. The molecule has 3 rings (SSSR count).